The Morgan fingerprint density at radius 1 is 0.955 bits per heavy atom. The molecule has 0 aliphatic carbocycles. The van der Waals surface area contributed by atoms with Crippen LogP contribution < -0.4 is 11.3 Å². The van der Waals surface area contributed by atoms with Crippen LogP contribution in [0.3, 0.4) is 0 Å². The monoisotopic (exact) mass is 307 g/mol. The molecule has 4 rings (SSSR count). The van der Waals surface area contributed by atoms with E-state index in [0.29, 0.717) is 5.52 Å². The lowest BCUT2D eigenvalue weighted by atomic mass is 10.1. The van der Waals surface area contributed by atoms with Crippen LogP contribution in [0.15, 0.2) is 69.3 Å². The first kappa shape index (κ1) is 13.0. The van der Waals surface area contributed by atoms with Crippen LogP contribution in [0.4, 0.5) is 5.69 Å². The van der Waals surface area contributed by atoms with Crippen molar-refractivity contribution in [3.05, 3.63) is 65.1 Å². The van der Waals surface area contributed by atoms with E-state index in [2.05, 4.69) is 16.0 Å². The summed E-state index contributed by atoms with van der Waals surface area (Å²) in [6, 6.07) is 15.8. The summed E-state index contributed by atoms with van der Waals surface area (Å²) in [6.07, 6.45) is 1.79. The topological polar surface area (TPSA) is 74.7 Å². The number of pyridine rings is 1. The van der Waals surface area contributed by atoms with Gasteiger partial charge < -0.3 is 15.7 Å². The molecule has 0 radical (unpaired) electrons. The summed E-state index contributed by atoms with van der Waals surface area (Å²) >= 11 is 1.65. The van der Waals surface area contributed by atoms with E-state index in [1.165, 1.54) is 0 Å². The van der Waals surface area contributed by atoms with E-state index >= 15 is 0 Å². The molecule has 22 heavy (non-hydrogen) atoms. The Bertz CT molecular complexity index is 1050. The molecule has 2 aromatic carbocycles. The number of rotatable bonds is 2. The lowest BCUT2D eigenvalue weighted by Gasteiger charge is -2.05. The minimum atomic E-state index is -0.0938. The van der Waals surface area contributed by atoms with Gasteiger partial charge in [-0.15, -0.1) is 0 Å². The molecule has 0 fully saturated rings. The van der Waals surface area contributed by atoms with E-state index in [0.717, 1.165) is 31.8 Å². The molecule has 0 amide bonds. The van der Waals surface area contributed by atoms with Gasteiger partial charge in [0.1, 0.15) is 5.52 Å². The highest BCUT2D eigenvalue weighted by atomic mass is 32.2. The molecule has 4 N–H and O–H groups in total. The van der Waals surface area contributed by atoms with Crippen molar-refractivity contribution in [1.82, 2.24) is 9.97 Å². The summed E-state index contributed by atoms with van der Waals surface area (Å²) in [7, 11) is 0. The maximum atomic E-state index is 12.0. The predicted molar refractivity (Wildman–Crippen MR) is 91.4 cm³/mol. The maximum Gasteiger partial charge on any atom is 0.272 e. The van der Waals surface area contributed by atoms with Gasteiger partial charge in [-0.05, 0) is 42.5 Å². The van der Waals surface area contributed by atoms with Crippen LogP contribution in [0, 0.1) is 0 Å². The summed E-state index contributed by atoms with van der Waals surface area (Å²) in [4.78, 5) is 20.0. The number of benzene rings is 2. The molecule has 2 aromatic heterocycles. The fourth-order valence-electron chi connectivity index (χ4n) is 2.60. The fourth-order valence-corrected chi connectivity index (χ4v) is 3.53. The zero-order valence-corrected chi connectivity index (χ0v) is 12.4. The van der Waals surface area contributed by atoms with Crippen molar-refractivity contribution in [2.24, 2.45) is 0 Å². The van der Waals surface area contributed by atoms with Crippen molar-refractivity contribution < 1.29 is 0 Å². The van der Waals surface area contributed by atoms with Gasteiger partial charge >= 0.3 is 0 Å². The van der Waals surface area contributed by atoms with E-state index in [9.17, 15) is 4.79 Å². The van der Waals surface area contributed by atoms with Crippen LogP contribution >= 0.6 is 11.8 Å². The van der Waals surface area contributed by atoms with Crippen LogP contribution in [-0.2, 0) is 0 Å². The molecule has 0 saturated carbocycles. The number of aromatic nitrogens is 2. The molecule has 0 bridgehead atoms. The third kappa shape index (κ3) is 2.16. The minimum absolute atomic E-state index is 0.0938. The van der Waals surface area contributed by atoms with Gasteiger partial charge in [0.2, 0.25) is 0 Å². The quantitative estimate of drug-likeness (QED) is 0.494. The van der Waals surface area contributed by atoms with Crippen molar-refractivity contribution in [1.29, 1.82) is 0 Å². The number of nitrogens with one attached hydrogen (secondary N) is 2. The van der Waals surface area contributed by atoms with Gasteiger partial charge in [-0.25, -0.2) is 0 Å². The lowest BCUT2D eigenvalue weighted by molar-refractivity contribution is 1.30. The molecule has 0 aliphatic heterocycles. The van der Waals surface area contributed by atoms with Gasteiger partial charge in [0.25, 0.3) is 5.56 Å². The smallest absolute Gasteiger partial charge is 0.272 e. The maximum absolute atomic E-state index is 12.0. The summed E-state index contributed by atoms with van der Waals surface area (Å²) in [5.74, 6) is 0. The van der Waals surface area contributed by atoms with Gasteiger partial charge in [0.05, 0.1) is 0 Å². The Kier molecular flexibility index (Phi) is 2.94. The SMILES string of the molecule is Nc1cccc(Sc2ccc3[nH]c(=O)c4[nH]ccc4c3c2)c1. The zero-order valence-electron chi connectivity index (χ0n) is 11.6. The zero-order chi connectivity index (χ0) is 15.1. The van der Waals surface area contributed by atoms with E-state index in [4.69, 9.17) is 5.73 Å². The van der Waals surface area contributed by atoms with Crippen LogP contribution in [0.5, 0.6) is 0 Å². The summed E-state index contributed by atoms with van der Waals surface area (Å²) < 4.78 is 0. The first-order chi connectivity index (χ1) is 10.7. The van der Waals surface area contributed by atoms with Crippen molar-refractivity contribution in [3.8, 4) is 0 Å². The molecule has 5 heteroatoms. The molecular formula is C17H13N3OS. The third-order valence-corrected chi connectivity index (χ3v) is 4.58. The molecule has 0 unspecified atom stereocenters. The average molecular weight is 307 g/mol. The number of H-pyrrole nitrogens is 2. The number of aromatic amines is 2. The second-order valence-electron chi connectivity index (χ2n) is 5.10. The molecule has 108 valence electrons. The lowest BCUT2D eigenvalue weighted by Crippen LogP contribution is -2.05. The van der Waals surface area contributed by atoms with Crippen molar-refractivity contribution in [3.63, 3.8) is 0 Å². The molecule has 4 aromatic rings. The first-order valence-corrected chi connectivity index (χ1v) is 7.69. The number of anilines is 1. The van der Waals surface area contributed by atoms with Crippen LogP contribution in [-0.4, -0.2) is 9.97 Å². The molecule has 2 heterocycles. The van der Waals surface area contributed by atoms with Crippen LogP contribution in [0.2, 0.25) is 0 Å². The molecule has 0 atom stereocenters. The number of fused-ring (bicyclic) bond motifs is 3. The van der Waals surface area contributed by atoms with E-state index in [-0.39, 0.29) is 5.56 Å². The number of hydrogen-bond acceptors (Lipinski definition) is 3. The molecule has 0 aliphatic rings. The second kappa shape index (κ2) is 4.96. The Morgan fingerprint density at radius 2 is 1.82 bits per heavy atom. The van der Waals surface area contributed by atoms with Crippen LogP contribution in [0.25, 0.3) is 21.8 Å². The molecular weight excluding hydrogens is 294 g/mol. The van der Waals surface area contributed by atoms with Gasteiger partial charge in [0, 0.05) is 38.0 Å². The van der Waals surface area contributed by atoms with Gasteiger partial charge in [0.15, 0.2) is 0 Å². The molecule has 0 saturated heterocycles. The van der Waals surface area contributed by atoms with E-state index < -0.39 is 0 Å². The normalized spacial score (nSPS) is 11.3. The second-order valence-corrected chi connectivity index (χ2v) is 6.25. The Labute approximate surface area is 130 Å². The third-order valence-electron chi connectivity index (χ3n) is 3.60. The largest absolute Gasteiger partial charge is 0.399 e. The average Bonchev–Trinajstić information content (AvgIpc) is 2.98. The summed E-state index contributed by atoms with van der Waals surface area (Å²) in [5.41, 5.74) is 7.93. The Balaban J connectivity index is 1.86. The number of nitrogens with two attached hydrogens (primary N) is 1. The molecule has 4 nitrogen and oxygen atoms in total. The van der Waals surface area contributed by atoms with Crippen molar-refractivity contribution in [2.75, 3.05) is 5.73 Å². The van der Waals surface area contributed by atoms with E-state index in [1.807, 2.05) is 42.5 Å². The highest BCUT2D eigenvalue weighted by Gasteiger charge is 2.07. The Hall–Kier alpha value is -2.66. The first-order valence-electron chi connectivity index (χ1n) is 6.87. The van der Waals surface area contributed by atoms with Crippen LogP contribution in [0.1, 0.15) is 0 Å². The number of nitrogen functional groups attached to an aromatic ring is 1. The van der Waals surface area contributed by atoms with Gasteiger partial charge in [-0.2, -0.15) is 0 Å². The summed E-state index contributed by atoms with van der Waals surface area (Å²) in [5, 5.41) is 1.97. The molecule has 0 spiro atoms. The van der Waals surface area contributed by atoms with E-state index in [1.54, 1.807) is 18.0 Å². The van der Waals surface area contributed by atoms with Crippen molar-refractivity contribution >= 4 is 39.3 Å². The van der Waals surface area contributed by atoms with Crippen molar-refractivity contribution in [2.45, 2.75) is 9.79 Å². The fraction of sp³-hybridized carbons (Fsp3) is 0. The highest BCUT2D eigenvalue weighted by Crippen LogP contribution is 2.32. The summed E-state index contributed by atoms with van der Waals surface area (Å²) in [6.45, 7) is 0. The predicted octanol–water partition coefficient (Wildman–Crippen LogP) is 3.74. The minimum Gasteiger partial charge on any atom is -0.399 e. The highest BCUT2D eigenvalue weighted by molar-refractivity contribution is 7.99. The standard InChI is InChI=1S/C17H13N3OS/c18-10-2-1-3-11(8-10)22-12-4-5-15-14(9-12)13-6-7-19-16(13)17(21)20-15/h1-9,19H,18H2,(H,20,21). The van der Waals surface area contributed by atoms with Gasteiger partial charge in [-0.3, -0.25) is 4.79 Å². The Morgan fingerprint density at radius 3 is 2.68 bits per heavy atom. The number of hydrogen-bond donors (Lipinski definition) is 3. The van der Waals surface area contributed by atoms with Gasteiger partial charge in [-0.1, -0.05) is 17.8 Å².